The summed E-state index contributed by atoms with van der Waals surface area (Å²) in [5.41, 5.74) is 7.20. The fraction of sp³-hybridized carbons (Fsp3) is 0.267. The third-order valence-corrected chi connectivity index (χ3v) is 7.20. The number of hydrogen-bond donors (Lipinski definition) is 0. The molecule has 6 rings (SSSR count). The lowest BCUT2D eigenvalue weighted by Crippen LogP contribution is -2.57. The number of aryl methyl sites for hydroxylation is 1. The van der Waals surface area contributed by atoms with Crippen LogP contribution in [0.1, 0.15) is 16.1 Å². The maximum Gasteiger partial charge on any atom is 0.253 e. The van der Waals surface area contributed by atoms with Gasteiger partial charge in [-0.05, 0) is 59.5 Å². The number of piperazine rings is 1. The SMILES string of the molecule is Cc1cc(-c2cccc(-c3ccccc3)c2)c2cc(C(=O)N3CCN(C4COC4)CC3)ccc2n1. The lowest BCUT2D eigenvalue weighted by atomic mass is 9.95. The molecule has 0 unspecified atom stereocenters. The van der Waals surface area contributed by atoms with Crippen LogP contribution in [0.15, 0.2) is 78.9 Å². The highest BCUT2D eigenvalue weighted by Crippen LogP contribution is 2.32. The predicted molar refractivity (Wildman–Crippen MR) is 139 cm³/mol. The summed E-state index contributed by atoms with van der Waals surface area (Å²) in [5, 5.41) is 1.01. The Bertz CT molecular complexity index is 1370. The van der Waals surface area contributed by atoms with Gasteiger partial charge in [0.25, 0.3) is 5.91 Å². The van der Waals surface area contributed by atoms with Gasteiger partial charge in [-0.15, -0.1) is 0 Å². The quantitative estimate of drug-likeness (QED) is 0.426. The summed E-state index contributed by atoms with van der Waals surface area (Å²) in [6.07, 6.45) is 0. The van der Waals surface area contributed by atoms with Crippen molar-refractivity contribution in [1.82, 2.24) is 14.8 Å². The highest BCUT2D eigenvalue weighted by molar-refractivity contribution is 6.02. The Morgan fingerprint density at radius 3 is 2.31 bits per heavy atom. The van der Waals surface area contributed by atoms with Crippen molar-refractivity contribution in [1.29, 1.82) is 0 Å². The number of fused-ring (bicyclic) bond motifs is 1. The summed E-state index contributed by atoms with van der Waals surface area (Å²) in [4.78, 5) is 22.6. The molecule has 0 N–H and O–H groups in total. The zero-order valence-corrected chi connectivity index (χ0v) is 20.0. The van der Waals surface area contributed by atoms with E-state index in [1.54, 1.807) is 0 Å². The first-order valence-corrected chi connectivity index (χ1v) is 12.3. The summed E-state index contributed by atoms with van der Waals surface area (Å²) in [6.45, 7) is 6.99. The largest absolute Gasteiger partial charge is 0.378 e. The number of hydrogen-bond acceptors (Lipinski definition) is 4. The number of aromatic nitrogens is 1. The summed E-state index contributed by atoms with van der Waals surface area (Å²) in [6, 6.07) is 27.6. The molecule has 2 aliphatic rings. The highest BCUT2D eigenvalue weighted by Gasteiger charge is 2.30. The zero-order chi connectivity index (χ0) is 23.8. The Morgan fingerprint density at radius 1 is 0.829 bits per heavy atom. The van der Waals surface area contributed by atoms with Crippen LogP contribution in [-0.2, 0) is 4.74 Å². The normalized spacial score (nSPS) is 16.9. The van der Waals surface area contributed by atoms with Crippen molar-refractivity contribution < 1.29 is 9.53 Å². The van der Waals surface area contributed by atoms with Gasteiger partial charge in [-0.3, -0.25) is 14.7 Å². The molecule has 1 aromatic heterocycles. The number of nitrogens with zero attached hydrogens (tertiary/aromatic N) is 3. The van der Waals surface area contributed by atoms with Crippen LogP contribution in [0.2, 0.25) is 0 Å². The van der Waals surface area contributed by atoms with E-state index < -0.39 is 0 Å². The van der Waals surface area contributed by atoms with E-state index in [9.17, 15) is 4.79 Å². The number of ether oxygens (including phenoxy) is 1. The Morgan fingerprint density at radius 2 is 1.57 bits per heavy atom. The Hall–Kier alpha value is -3.54. The minimum atomic E-state index is 0.0981. The summed E-state index contributed by atoms with van der Waals surface area (Å²) < 4.78 is 5.33. The molecule has 5 heteroatoms. The van der Waals surface area contributed by atoms with Crippen LogP contribution in [0.4, 0.5) is 0 Å². The molecule has 2 fully saturated rings. The number of rotatable bonds is 4. The first-order chi connectivity index (χ1) is 17.2. The topological polar surface area (TPSA) is 45.7 Å². The van der Waals surface area contributed by atoms with Crippen molar-refractivity contribution in [3.8, 4) is 22.3 Å². The first kappa shape index (κ1) is 22.0. The molecule has 4 aromatic rings. The molecular formula is C30H29N3O2. The molecule has 0 saturated carbocycles. The molecule has 5 nitrogen and oxygen atoms in total. The van der Waals surface area contributed by atoms with Crippen molar-refractivity contribution in [2.45, 2.75) is 13.0 Å². The second-order valence-electron chi connectivity index (χ2n) is 9.51. The van der Waals surface area contributed by atoms with Crippen LogP contribution in [0.5, 0.6) is 0 Å². The van der Waals surface area contributed by atoms with Gasteiger partial charge in [0, 0.05) is 42.8 Å². The van der Waals surface area contributed by atoms with Gasteiger partial charge in [0.2, 0.25) is 0 Å². The van der Waals surface area contributed by atoms with Crippen LogP contribution in [0.3, 0.4) is 0 Å². The summed E-state index contributed by atoms with van der Waals surface area (Å²) in [7, 11) is 0. The fourth-order valence-electron chi connectivity index (χ4n) is 5.13. The maximum atomic E-state index is 13.4. The second-order valence-corrected chi connectivity index (χ2v) is 9.51. The van der Waals surface area contributed by atoms with Crippen molar-refractivity contribution in [3.05, 3.63) is 90.1 Å². The number of amides is 1. The van der Waals surface area contributed by atoms with Crippen LogP contribution in [0, 0.1) is 6.92 Å². The predicted octanol–water partition coefficient (Wildman–Crippen LogP) is 5.03. The molecule has 0 radical (unpaired) electrons. The first-order valence-electron chi connectivity index (χ1n) is 12.3. The van der Waals surface area contributed by atoms with Gasteiger partial charge in [-0.1, -0.05) is 48.5 Å². The van der Waals surface area contributed by atoms with E-state index in [0.717, 1.165) is 72.7 Å². The molecule has 0 bridgehead atoms. The fourth-order valence-corrected chi connectivity index (χ4v) is 5.13. The standard InChI is InChI=1S/C30H29N3O2/c1-21-16-27(24-9-5-8-23(17-24)22-6-3-2-4-7-22)28-18-25(10-11-29(28)31-21)30(34)33-14-12-32(13-15-33)26-19-35-20-26/h2-11,16-18,26H,12-15,19-20H2,1H3. The van der Waals surface area contributed by atoms with Crippen LogP contribution < -0.4 is 0 Å². The molecule has 0 atom stereocenters. The van der Waals surface area contributed by atoms with Gasteiger partial charge in [0.15, 0.2) is 0 Å². The summed E-state index contributed by atoms with van der Waals surface area (Å²) >= 11 is 0. The third-order valence-electron chi connectivity index (χ3n) is 7.20. The zero-order valence-electron chi connectivity index (χ0n) is 20.0. The lowest BCUT2D eigenvalue weighted by Gasteiger charge is -2.42. The molecule has 3 heterocycles. The number of carbonyl (C=O) groups is 1. The van der Waals surface area contributed by atoms with E-state index >= 15 is 0 Å². The molecule has 2 saturated heterocycles. The van der Waals surface area contributed by atoms with E-state index in [0.29, 0.717) is 6.04 Å². The lowest BCUT2D eigenvalue weighted by molar-refractivity contribution is -0.0746. The molecule has 176 valence electrons. The van der Waals surface area contributed by atoms with Gasteiger partial charge in [0.05, 0.1) is 24.8 Å². The van der Waals surface area contributed by atoms with E-state index in [2.05, 4.69) is 59.5 Å². The Kier molecular flexibility index (Phi) is 5.80. The van der Waals surface area contributed by atoms with Crippen molar-refractivity contribution in [3.63, 3.8) is 0 Å². The van der Waals surface area contributed by atoms with Gasteiger partial charge in [-0.2, -0.15) is 0 Å². The number of carbonyl (C=O) groups excluding carboxylic acids is 1. The Balaban J connectivity index is 1.32. The average molecular weight is 464 g/mol. The third kappa shape index (κ3) is 4.33. The van der Waals surface area contributed by atoms with Gasteiger partial charge in [0.1, 0.15) is 0 Å². The Labute approximate surface area is 206 Å². The van der Waals surface area contributed by atoms with E-state index in [-0.39, 0.29) is 5.91 Å². The van der Waals surface area contributed by atoms with Crippen molar-refractivity contribution in [2.24, 2.45) is 0 Å². The van der Waals surface area contributed by atoms with Gasteiger partial charge in [-0.25, -0.2) is 0 Å². The molecule has 3 aromatic carbocycles. The molecule has 35 heavy (non-hydrogen) atoms. The molecule has 0 spiro atoms. The van der Waals surface area contributed by atoms with E-state index in [1.165, 1.54) is 11.1 Å². The molecule has 2 aliphatic heterocycles. The van der Waals surface area contributed by atoms with Crippen LogP contribution in [-0.4, -0.2) is 66.1 Å². The van der Waals surface area contributed by atoms with Crippen LogP contribution >= 0.6 is 0 Å². The van der Waals surface area contributed by atoms with Gasteiger partial charge < -0.3 is 9.64 Å². The monoisotopic (exact) mass is 463 g/mol. The molecule has 1 amide bonds. The number of pyridine rings is 1. The highest BCUT2D eigenvalue weighted by atomic mass is 16.5. The molecule has 0 aliphatic carbocycles. The maximum absolute atomic E-state index is 13.4. The second kappa shape index (κ2) is 9.25. The van der Waals surface area contributed by atoms with E-state index in [1.807, 2.05) is 36.1 Å². The average Bonchev–Trinajstić information content (AvgIpc) is 2.87. The van der Waals surface area contributed by atoms with Gasteiger partial charge >= 0.3 is 0 Å². The smallest absolute Gasteiger partial charge is 0.253 e. The number of benzene rings is 3. The van der Waals surface area contributed by atoms with E-state index in [4.69, 9.17) is 9.72 Å². The minimum absolute atomic E-state index is 0.0981. The van der Waals surface area contributed by atoms with Crippen molar-refractivity contribution in [2.75, 3.05) is 39.4 Å². The van der Waals surface area contributed by atoms with Crippen LogP contribution in [0.25, 0.3) is 33.2 Å². The minimum Gasteiger partial charge on any atom is -0.378 e. The molecular weight excluding hydrogens is 434 g/mol. The summed E-state index contributed by atoms with van der Waals surface area (Å²) in [5.74, 6) is 0.0981. The van der Waals surface area contributed by atoms with Crippen molar-refractivity contribution >= 4 is 16.8 Å².